The van der Waals surface area contributed by atoms with Gasteiger partial charge in [-0.1, -0.05) is 48.5 Å². The molecule has 1 aromatic heterocycles. The van der Waals surface area contributed by atoms with Gasteiger partial charge in [0.15, 0.2) is 0 Å². The first-order valence-corrected chi connectivity index (χ1v) is 11.8. The molecule has 2 aromatic carbocycles. The standard InChI is InChI=1S/C25H25N3O5S/c1-14(11-22(29)30)26-23(31)21-13-34-24(28-21)15(2)27-25(32)33-12-20-18-9-5-3-7-16(18)17-8-4-6-10-19(17)20/h3-10,13-15,20H,11-12H2,1-2H3,(H,26,31)(H,27,32)(H,29,30)/t14-,15?/m1/s1. The highest BCUT2D eigenvalue weighted by atomic mass is 32.1. The molecule has 2 atom stereocenters. The van der Waals surface area contributed by atoms with Gasteiger partial charge in [0.1, 0.15) is 17.3 Å². The first-order valence-electron chi connectivity index (χ1n) is 10.9. The number of carboxylic acid groups (broad SMARTS) is 1. The molecular weight excluding hydrogens is 454 g/mol. The normalized spacial score (nSPS) is 13.9. The second-order valence-corrected chi connectivity index (χ2v) is 9.12. The molecule has 0 aliphatic heterocycles. The molecule has 0 saturated heterocycles. The van der Waals surface area contributed by atoms with Crippen LogP contribution in [0.3, 0.4) is 0 Å². The highest BCUT2D eigenvalue weighted by Gasteiger charge is 2.29. The lowest BCUT2D eigenvalue weighted by atomic mass is 9.98. The highest BCUT2D eigenvalue weighted by Crippen LogP contribution is 2.44. The number of aliphatic carboxylic acids is 1. The second-order valence-electron chi connectivity index (χ2n) is 8.23. The first-order chi connectivity index (χ1) is 16.3. The number of carboxylic acids is 1. The van der Waals surface area contributed by atoms with Gasteiger partial charge in [-0.05, 0) is 36.1 Å². The van der Waals surface area contributed by atoms with Gasteiger partial charge in [-0.2, -0.15) is 0 Å². The summed E-state index contributed by atoms with van der Waals surface area (Å²) in [5.41, 5.74) is 4.77. The van der Waals surface area contributed by atoms with Crippen molar-refractivity contribution >= 4 is 29.3 Å². The van der Waals surface area contributed by atoms with Crippen LogP contribution in [0, 0.1) is 0 Å². The average molecular weight is 480 g/mol. The molecule has 0 saturated carbocycles. The molecule has 4 rings (SSSR count). The molecular formula is C25H25N3O5S. The lowest BCUT2D eigenvalue weighted by molar-refractivity contribution is -0.137. The van der Waals surface area contributed by atoms with Crippen LogP contribution in [0.25, 0.3) is 11.1 Å². The van der Waals surface area contributed by atoms with Gasteiger partial charge in [-0.15, -0.1) is 11.3 Å². The van der Waals surface area contributed by atoms with Gasteiger partial charge in [0.2, 0.25) is 0 Å². The van der Waals surface area contributed by atoms with Crippen LogP contribution >= 0.6 is 11.3 Å². The maximum Gasteiger partial charge on any atom is 0.407 e. The van der Waals surface area contributed by atoms with Gasteiger partial charge in [0.05, 0.1) is 12.5 Å². The Hall–Kier alpha value is -3.72. The molecule has 0 bridgehead atoms. The molecule has 176 valence electrons. The Morgan fingerprint density at radius 1 is 1.03 bits per heavy atom. The Labute approximate surface area is 201 Å². The Morgan fingerprint density at radius 3 is 2.26 bits per heavy atom. The molecule has 0 fully saturated rings. The molecule has 9 heteroatoms. The maximum atomic E-state index is 12.5. The fourth-order valence-corrected chi connectivity index (χ4v) is 4.89. The number of carbonyl (C=O) groups is 3. The summed E-state index contributed by atoms with van der Waals surface area (Å²) in [6.45, 7) is 3.58. The summed E-state index contributed by atoms with van der Waals surface area (Å²) in [4.78, 5) is 39.8. The number of hydrogen-bond acceptors (Lipinski definition) is 6. The smallest absolute Gasteiger partial charge is 0.407 e. The molecule has 8 nitrogen and oxygen atoms in total. The number of ether oxygens (including phenoxy) is 1. The van der Waals surface area contributed by atoms with Gasteiger partial charge in [0, 0.05) is 17.3 Å². The van der Waals surface area contributed by atoms with E-state index in [0.29, 0.717) is 5.01 Å². The first kappa shape index (κ1) is 23.4. The number of aromatic nitrogens is 1. The third-order valence-corrected chi connectivity index (χ3v) is 6.69. The highest BCUT2D eigenvalue weighted by molar-refractivity contribution is 7.09. The van der Waals surface area contributed by atoms with Crippen LogP contribution < -0.4 is 10.6 Å². The minimum atomic E-state index is -0.993. The summed E-state index contributed by atoms with van der Waals surface area (Å²) in [6, 6.07) is 15.3. The quantitative estimate of drug-likeness (QED) is 0.443. The summed E-state index contributed by atoms with van der Waals surface area (Å²) in [6.07, 6.45) is -0.742. The molecule has 1 unspecified atom stereocenters. The maximum absolute atomic E-state index is 12.5. The predicted octanol–water partition coefficient (Wildman–Crippen LogP) is 4.34. The second kappa shape index (κ2) is 10.0. The van der Waals surface area contributed by atoms with Gasteiger partial charge >= 0.3 is 12.1 Å². The summed E-state index contributed by atoms with van der Waals surface area (Å²) >= 11 is 1.24. The number of benzene rings is 2. The van der Waals surface area contributed by atoms with Crippen LogP contribution in [0.4, 0.5) is 4.79 Å². The van der Waals surface area contributed by atoms with E-state index in [2.05, 4.69) is 39.9 Å². The van der Waals surface area contributed by atoms with Gasteiger partial charge < -0.3 is 20.5 Å². The number of hydrogen-bond donors (Lipinski definition) is 3. The van der Waals surface area contributed by atoms with E-state index < -0.39 is 30.1 Å². The van der Waals surface area contributed by atoms with Crippen molar-refractivity contribution < 1.29 is 24.2 Å². The Balaban J connectivity index is 1.34. The van der Waals surface area contributed by atoms with Crippen LogP contribution in [-0.2, 0) is 9.53 Å². The van der Waals surface area contributed by atoms with E-state index >= 15 is 0 Å². The average Bonchev–Trinajstić information content (AvgIpc) is 3.41. The van der Waals surface area contributed by atoms with Gasteiger partial charge in [-0.25, -0.2) is 9.78 Å². The lowest BCUT2D eigenvalue weighted by Gasteiger charge is -2.16. The van der Waals surface area contributed by atoms with Crippen molar-refractivity contribution in [2.24, 2.45) is 0 Å². The van der Waals surface area contributed by atoms with E-state index in [1.165, 1.54) is 11.3 Å². The largest absolute Gasteiger partial charge is 0.481 e. The van der Waals surface area contributed by atoms with Crippen molar-refractivity contribution in [3.05, 3.63) is 75.7 Å². The number of alkyl carbamates (subject to hydrolysis) is 1. The summed E-state index contributed by atoms with van der Waals surface area (Å²) in [5, 5.41) is 16.3. The molecule has 1 heterocycles. The van der Waals surface area contributed by atoms with E-state index in [4.69, 9.17) is 9.84 Å². The molecule has 0 spiro atoms. The van der Waals surface area contributed by atoms with Crippen LogP contribution in [0.2, 0.25) is 0 Å². The summed E-state index contributed by atoms with van der Waals surface area (Å²) < 4.78 is 5.57. The van der Waals surface area contributed by atoms with Gasteiger partial charge in [0.25, 0.3) is 5.91 Å². The Bertz CT molecular complexity index is 1180. The summed E-state index contributed by atoms with van der Waals surface area (Å²) in [7, 11) is 0. The van der Waals surface area contributed by atoms with E-state index in [1.807, 2.05) is 24.3 Å². The zero-order chi connectivity index (χ0) is 24.2. The molecule has 1 aliphatic rings. The Kier molecular flexibility index (Phi) is 6.93. The van der Waals surface area contributed by atoms with Crippen molar-refractivity contribution in [1.29, 1.82) is 0 Å². The molecule has 3 N–H and O–H groups in total. The molecule has 2 amide bonds. The van der Waals surface area contributed by atoms with E-state index in [-0.39, 0.29) is 24.6 Å². The third-order valence-electron chi connectivity index (χ3n) is 5.66. The number of amides is 2. The van der Waals surface area contributed by atoms with E-state index in [1.54, 1.807) is 19.2 Å². The van der Waals surface area contributed by atoms with Crippen LogP contribution in [0.5, 0.6) is 0 Å². The minimum Gasteiger partial charge on any atom is -0.481 e. The number of thiazole rings is 1. The van der Waals surface area contributed by atoms with Crippen molar-refractivity contribution in [2.75, 3.05) is 6.61 Å². The minimum absolute atomic E-state index is 0.0311. The Morgan fingerprint density at radius 2 is 1.65 bits per heavy atom. The van der Waals surface area contributed by atoms with Crippen molar-refractivity contribution in [1.82, 2.24) is 15.6 Å². The topological polar surface area (TPSA) is 118 Å². The van der Waals surface area contributed by atoms with E-state index in [9.17, 15) is 14.4 Å². The lowest BCUT2D eigenvalue weighted by Crippen LogP contribution is -2.34. The third kappa shape index (κ3) is 5.09. The van der Waals surface area contributed by atoms with Crippen molar-refractivity contribution in [3.8, 4) is 11.1 Å². The molecule has 1 aliphatic carbocycles. The number of nitrogens with one attached hydrogen (secondary N) is 2. The zero-order valence-corrected chi connectivity index (χ0v) is 19.6. The summed E-state index contributed by atoms with van der Waals surface area (Å²) in [5.74, 6) is -1.48. The number of rotatable bonds is 8. The van der Waals surface area contributed by atoms with Crippen LogP contribution in [-0.4, -0.2) is 40.7 Å². The monoisotopic (exact) mass is 479 g/mol. The fraction of sp³-hybridized carbons (Fsp3) is 0.280. The van der Waals surface area contributed by atoms with Gasteiger partial charge in [-0.3, -0.25) is 9.59 Å². The van der Waals surface area contributed by atoms with Crippen LogP contribution in [0.1, 0.15) is 58.9 Å². The number of nitrogens with zero attached hydrogens (tertiary/aromatic N) is 1. The van der Waals surface area contributed by atoms with Crippen molar-refractivity contribution in [2.45, 2.75) is 38.3 Å². The van der Waals surface area contributed by atoms with E-state index in [0.717, 1.165) is 22.3 Å². The van der Waals surface area contributed by atoms with Crippen molar-refractivity contribution in [3.63, 3.8) is 0 Å². The molecule has 0 radical (unpaired) electrons. The predicted molar refractivity (Wildman–Crippen MR) is 128 cm³/mol. The SMILES string of the molecule is CC(NC(=O)OCC1c2ccccc2-c2ccccc21)c1nc(C(=O)N[C@H](C)CC(=O)O)cs1. The number of fused-ring (bicyclic) bond motifs is 3. The zero-order valence-electron chi connectivity index (χ0n) is 18.8. The number of carbonyl (C=O) groups excluding carboxylic acids is 2. The molecule has 34 heavy (non-hydrogen) atoms. The molecule has 3 aromatic rings. The fourth-order valence-electron chi connectivity index (χ4n) is 4.08. The van der Waals surface area contributed by atoms with Crippen LogP contribution in [0.15, 0.2) is 53.9 Å².